The van der Waals surface area contributed by atoms with E-state index in [4.69, 9.17) is 16.3 Å². The fourth-order valence-electron chi connectivity index (χ4n) is 2.67. The molecule has 0 unspecified atom stereocenters. The van der Waals surface area contributed by atoms with Crippen LogP contribution in [0.4, 0.5) is 0 Å². The van der Waals surface area contributed by atoms with E-state index >= 15 is 0 Å². The van der Waals surface area contributed by atoms with Crippen molar-refractivity contribution in [2.24, 2.45) is 0 Å². The van der Waals surface area contributed by atoms with Crippen molar-refractivity contribution in [1.82, 2.24) is 19.6 Å². The van der Waals surface area contributed by atoms with E-state index in [1.165, 1.54) is 6.42 Å². The van der Waals surface area contributed by atoms with Gasteiger partial charge in [-0.2, -0.15) is 0 Å². The van der Waals surface area contributed by atoms with Crippen LogP contribution in [0.15, 0.2) is 0 Å². The van der Waals surface area contributed by atoms with E-state index in [2.05, 4.69) is 15.2 Å². The number of hydrogen-bond donors (Lipinski definition) is 0. The second kappa shape index (κ2) is 4.42. The highest BCUT2D eigenvalue weighted by atomic mass is 35.5. The van der Waals surface area contributed by atoms with Crippen LogP contribution in [0.1, 0.15) is 36.5 Å². The molecule has 0 bridgehead atoms. The summed E-state index contributed by atoms with van der Waals surface area (Å²) in [7, 11) is 1.77. The number of halogens is 1. The lowest BCUT2D eigenvalue weighted by molar-refractivity contribution is -0.0722. The zero-order chi connectivity index (χ0) is 13.6. The normalized spacial score (nSPS) is 17.7. The van der Waals surface area contributed by atoms with Crippen molar-refractivity contribution < 1.29 is 4.74 Å². The third-order valence-electron chi connectivity index (χ3n) is 4.22. The summed E-state index contributed by atoms with van der Waals surface area (Å²) >= 11 is 6.13. The minimum absolute atomic E-state index is 0.0704. The molecule has 102 valence electrons. The Labute approximate surface area is 117 Å². The summed E-state index contributed by atoms with van der Waals surface area (Å²) in [5, 5.41) is 8.85. The number of aromatic nitrogens is 4. The molecule has 0 N–H and O–H groups in total. The Balaban J connectivity index is 2.10. The lowest BCUT2D eigenvalue weighted by Crippen LogP contribution is -2.41. The predicted molar refractivity (Wildman–Crippen MR) is 72.6 cm³/mol. The zero-order valence-electron chi connectivity index (χ0n) is 11.4. The van der Waals surface area contributed by atoms with Gasteiger partial charge in [-0.15, -0.1) is 10.2 Å². The molecule has 3 rings (SSSR count). The Morgan fingerprint density at radius 3 is 2.63 bits per heavy atom. The molecule has 1 aliphatic rings. The average Bonchev–Trinajstić information content (AvgIpc) is 2.75. The molecule has 0 radical (unpaired) electrons. The van der Waals surface area contributed by atoms with Crippen LogP contribution in [0, 0.1) is 13.8 Å². The van der Waals surface area contributed by atoms with Crippen molar-refractivity contribution in [3.8, 4) is 0 Å². The quantitative estimate of drug-likeness (QED) is 0.867. The van der Waals surface area contributed by atoms with Crippen molar-refractivity contribution in [3.63, 3.8) is 0 Å². The zero-order valence-corrected chi connectivity index (χ0v) is 12.2. The van der Waals surface area contributed by atoms with Crippen LogP contribution >= 0.6 is 11.6 Å². The van der Waals surface area contributed by atoms with Gasteiger partial charge in [-0.25, -0.2) is 4.98 Å². The van der Waals surface area contributed by atoms with Gasteiger partial charge in [0.1, 0.15) is 5.82 Å². The van der Waals surface area contributed by atoms with E-state index in [9.17, 15) is 0 Å². The molecule has 0 aliphatic heterocycles. The van der Waals surface area contributed by atoms with E-state index in [0.29, 0.717) is 10.8 Å². The number of nitrogens with zero attached hydrogens (tertiary/aromatic N) is 4. The van der Waals surface area contributed by atoms with Crippen LogP contribution in [-0.4, -0.2) is 32.3 Å². The van der Waals surface area contributed by atoms with Crippen LogP contribution in [0.2, 0.25) is 5.15 Å². The third kappa shape index (κ3) is 1.92. The monoisotopic (exact) mass is 280 g/mol. The molecular weight excluding hydrogens is 264 g/mol. The Bertz CT molecular complexity index is 628. The molecule has 0 amide bonds. The van der Waals surface area contributed by atoms with Gasteiger partial charge in [0, 0.05) is 19.2 Å². The van der Waals surface area contributed by atoms with Gasteiger partial charge in [0.25, 0.3) is 0 Å². The molecule has 2 aromatic rings. The molecule has 2 heterocycles. The fraction of sp³-hybridized carbons (Fsp3) is 0.615. The van der Waals surface area contributed by atoms with Crippen molar-refractivity contribution in [1.29, 1.82) is 0 Å². The van der Waals surface area contributed by atoms with Gasteiger partial charge in [-0.3, -0.25) is 4.40 Å². The maximum Gasteiger partial charge on any atom is 0.198 e. The van der Waals surface area contributed by atoms with Crippen molar-refractivity contribution in [3.05, 3.63) is 22.4 Å². The van der Waals surface area contributed by atoms with Gasteiger partial charge in [-0.05, 0) is 33.1 Å². The van der Waals surface area contributed by atoms with Gasteiger partial charge in [0.05, 0.1) is 11.3 Å². The molecule has 1 saturated carbocycles. The molecule has 0 aromatic carbocycles. The topological polar surface area (TPSA) is 52.3 Å². The lowest BCUT2D eigenvalue weighted by Gasteiger charge is -2.40. The van der Waals surface area contributed by atoms with E-state index in [-0.39, 0.29) is 5.60 Å². The standard InChI is InChI=1S/C13H17ClN4O/c1-8-9(2)18-10(7-13(19-3)5-4-6-13)16-17-12(18)11(14)15-8/h4-7H2,1-3H3. The summed E-state index contributed by atoms with van der Waals surface area (Å²) in [4.78, 5) is 4.28. The van der Waals surface area contributed by atoms with Gasteiger partial charge >= 0.3 is 0 Å². The Morgan fingerprint density at radius 1 is 1.32 bits per heavy atom. The Hall–Kier alpha value is -1.20. The van der Waals surface area contributed by atoms with E-state index in [1.54, 1.807) is 7.11 Å². The molecule has 6 heteroatoms. The van der Waals surface area contributed by atoms with Crippen LogP contribution in [0.25, 0.3) is 5.65 Å². The summed E-state index contributed by atoms with van der Waals surface area (Å²) in [6.45, 7) is 3.96. The van der Waals surface area contributed by atoms with Gasteiger partial charge < -0.3 is 4.74 Å². The maximum atomic E-state index is 6.13. The highest BCUT2D eigenvalue weighted by Crippen LogP contribution is 2.38. The first kappa shape index (κ1) is 12.8. The van der Waals surface area contributed by atoms with Crippen LogP contribution in [0.3, 0.4) is 0 Å². The van der Waals surface area contributed by atoms with Crippen LogP contribution in [0.5, 0.6) is 0 Å². The molecular formula is C13H17ClN4O. The predicted octanol–water partition coefficient (Wildman–Crippen LogP) is 2.51. The SMILES string of the molecule is COC1(Cc2nnc3c(Cl)nc(C)c(C)n23)CCC1. The second-order valence-electron chi connectivity index (χ2n) is 5.27. The molecule has 2 aromatic heterocycles. The fourth-order valence-corrected chi connectivity index (χ4v) is 2.92. The number of fused-ring (bicyclic) bond motifs is 1. The molecule has 1 aliphatic carbocycles. The number of hydrogen-bond acceptors (Lipinski definition) is 4. The number of rotatable bonds is 3. The smallest absolute Gasteiger partial charge is 0.198 e. The number of ether oxygens (including phenoxy) is 1. The third-order valence-corrected chi connectivity index (χ3v) is 4.47. The minimum atomic E-state index is -0.0704. The summed E-state index contributed by atoms with van der Waals surface area (Å²) in [6.07, 6.45) is 4.14. The Morgan fingerprint density at radius 2 is 2.05 bits per heavy atom. The van der Waals surface area contributed by atoms with Gasteiger partial charge in [0.15, 0.2) is 10.8 Å². The maximum absolute atomic E-state index is 6.13. The minimum Gasteiger partial charge on any atom is -0.378 e. The summed E-state index contributed by atoms with van der Waals surface area (Å²) in [5.41, 5.74) is 2.49. The summed E-state index contributed by atoms with van der Waals surface area (Å²) < 4.78 is 7.67. The summed E-state index contributed by atoms with van der Waals surface area (Å²) in [5.74, 6) is 0.904. The van der Waals surface area contributed by atoms with Crippen LogP contribution in [-0.2, 0) is 11.2 Å². The van der Waals surface area contributed by atoms with E-state index in [1.807, 2.05) is 18.2 Å². The molecule has 19 heavy (non-hydrogen) atoms. The van der Waals surface area contributed by atoms with Crippen molar-refractivity contribution >= 4 is 17.2 Å². The molecule has 0 atom stereocenters. The first-order chi connectivity index (χ1) is 9.06. The lowest BCUT2D eigenvalue weighted by atomic mass is 9.77. The first-order valence-electron chi connectivity index (χ1n) is 6.48. The molecule has 1 fully saturated rings. The van der Waals surface area contributed by atoms with Crippen LogP contribution < -0.4 is 0 Å². The van der Waals surface area contributed by atoms with Crippen molar-refractivity contribution in [2.45, 2.75) is 45.1 Å². The van der Waals surface area contributed by atoms with Crippen molar-refractivity contribution in [2.75, 3.05) is 7.11 Å². The largest absolute Gasteiger partial charge is 0.378 e. The second-order valence-corrected chi connectivity index (χ2v) is 5.62. The average molecular weight is 281 g/mol. The first-order valence-corrected chi connectivity index (χ1v) is 6.86. The highest BCUT2D eigenvalue weighted by Gasteiger charge is 2.38. The number of methoxy groups -OCH3 is 1. The molecule has 0 saturated heterocycles. The summed E-state index contributed by atoms with van der Waals surface area (Å²) in [6, 6.07) is 0. The Kier molecular flexibility index (Phi) is 2.98. The number of aryl methyl sites for hydroxylation is 2. The van der Waals surface area contributed by atoms with Gasteiger partial charge in [-0.1, -0.05) is 11.6 Å². The molecule has 0 spiro atoms. The van der Waals surface area contributed by atoms with E-state index < -0.39 is 0 Å². The molecule has 5 nitrogen and oxygen atoms in total. The van der Waals surface area contributed by atoms with Gasteiger partial charge in [0.2, 0.25) is 0 Å². The van der Waals surface area contributed by atoms with E-state index in [0.717, 1.165) is 36.5 Å². The highest BCUT2D eigenvalue weighted by molar-refractivity contribution is 6.32.